The number of rotatable bonds is 6. The predicted octanol–water partition coefficient (Wildman–Crippen LogP) is -0.619. The second kappa shape index (κ2) is 6.76. The van der Waals surface area contributed by atoms with E-state index in [-0.39, 0.29) is 18.8 Å². The molecule has 0 heterocycles. The normalized spacial score (nSPS) is 26.5. The van der Waals surface area contributed by atoms with Gasteiger partial charge in [-0.25, -0.2) is 0 Å². The number of ether oxygens (including phenoxy) is 1. The topological polar surface area (TPSA) is 84.6 Å². The Morgan fingerprint density at radius 2 is 2.20 bits per heavy atom. The average molecular weight is 216 g/mol. The van der Waals surface area contributed by atoms with Crippen molar-refractivity contribution >= 4 is 5.91 Å². The summed E-state index contributed by atoms with van der Waals surface area (Å²) >= 11 is 0. The van der Waals surface area contributed by atoms with Crippen molar-refractivity contribution in [3.8, 4) is 0 Å². The summed E-state index contributed by atoms with van der Waals surface area (Å²) in [7, 11) is 0. The van der Waals surface area contributed by atoms with E-state index in [0.717, 1.165) is 25.7 Å². The molecule has 1 fully saturated rings. The fourth-order valence-electron chi connectivity index (χ4n) is 1.84. The summed E-state index contributed by atoms with van der Waals surface area (Å²) in [6, 6.07) is 0.177. The molecule has 0 saturated heterocycles. The van der Waals surface area contributed by atoms with Crippen molar-refractivity contribution in [2.45, 2.75) is 37.8 Å². The van der Waals surface area contributed by atoms with Crippen molar-refractivity contribution in [2.24, 2.45) is 5.73 Å². The number of hydrogen-bond donors (Lipinski definition) is 3. The van der Waals surface area contributed by atoms with E-state index in [9.17, 15) is 9.90 Å². The van der Waals surface area contributed by atoms with Crippen molar-refractivity contribution in [2.75, 3.05) is 19.8 Å². The maximum Gasteiger partial charge on any atom is 0.243 e. The number of aliphatic hydroxyl groups excluding tert-OH is 1. The SMILES string of the molecule is NC(=O)COCCNC1CCCCC1O. The first kappa shape index (κ1) is 12.4. The standard InChI is InChI=1S/C10H20N2O3/c11-10(14)7-15-6-5-12-8-3-1-2-4-9(8)13/h8-9,12-13H,1-7H2,(H2,11,14). The van der Waals surface area contributed by atoms with Crippen LogP contribution in [-0.2, 0) is 9.53 Å². The summed E-state index contributed by atoms with van der Waals surface area (Å²) in [5, 5.41) is 12.9. The molecule has 4 N–H and O–H groups in total. The molecule has 5 nitrogen and oxygen atoms in total. The number of aliphatic hydroxyl groups is 1. The molecule has 0 spiro atoms. The lowest BCUT2D eigenvalue weighted by molar-refractivity contribution is -0.122. The highest BCUT2D eigenvalue weighted by molar-refractivity contribution is 5.74. The van der Waals surface area contributed by atoms with Crippen LogP contribution in [0.4, 0.5) is 0 Å². The smallest absolute Gasteiger partial charge is 0.243 e. The van der Waals surface area contributed by atoms with Gasteiger partial charge in [-0.3, -0.25) is 4.79 Å². The zero-order valence-electron chi connectivity index (χ0n) is 8.95. The van der Waals surface area contributed by atoms with Crippen LogP contribution in [-0.4, -0.2) is 42.9 Å². The molecule has 0 aromatic carbocycles. The van der Waals surface area contributed by atoms with E-state index in [1.54, 1.807) is 0 Å². The number of nitrogens with two attached hydrogens (primary N) is 1. The van der Waals surface area contributed by atoms with Gasteiger partial charge in [0, 0.05) is 12.6 Å². The number of primary amides is 1. The summed E-state index contributed by atoms with van der Waals surface area (Å²) in [5.41, 5.74) is 4.92. The molecule has 1 saturated carbocycles. The van der Waals surface area contributed by atoms with Crippen LogP contribution in [0, 0.1) is 0 Å². The fourth-order valence-corrected chi connectivity index (χ4v) is 1.84. The van der Waals surface area contributed by atoms with Crippen LogP contribution in [0.15, 0.2) is 0 Å². The zero-order chi connectivity index (χ0) is 11.1. The molecule has 1 aliphatic carbocycles. The van der Waals surface area contributed by atoms with Gasteiger partial charge in [0.2, 0.25) is 5.91 Å². The zero-order valence-corrected chi connectivity index (χ0v) is 8.95. The Balaban J connectivity index is 2.01. The molecule has 0 aliphatic heterocycles. The predicted molar refractivity (Wildman–Crippen MR) is 56.3 cm³/mol. The van der Waals surface area contributed by atoms with Crippen LogP contribution >= 0.6 is 0 Å². The largest absolute Gasteiger partial charge is 0.392 e. The van der Waals surface area contributed by atoms with Gasteiger partial charge in [0.25, 0.3) is 0 Å². The molecule has 0 radical (unpaired) electrons. The number of nitrogens with one attached hydrogen (secondary N) is 1. The lowest BCUT2D eigenvalue weighted by atomic mass is 9.93. The van der Waals surface area contributed by atoms with Gasteiger partial charge in [0.15, 0.2) is 0 Å². The maximum absolute atomic E-state index is 10.4. The second-order valence-corrected chi connectivity index (χ2v) is 3.93. The minimum atomic E-state index is -0.451. The van der Waals surface area contributed by atoms with E-state index in [2.05, 4.69) is 5.32 Å². The third-order valence-corrected chi connectivity index (χ3v) is 2.63. The van der Waals surface area contributed by atoms with E-state index >= 15 is 0 Å². The highest BCUT2D eigenvalue weighted by atomic mass is 16.5. The lowest BCUT2D eigenvalue weighted by Gasteiger charge is -2.28. The number of carbonyl (C=O) groups excluding carboxylic acids is 1. The molecule has 0 aromatic heterocycles. The van der Waals surface area contributed by atoms with Crippen molar-refractivity contribution in [1.29, 1.82) is 0 Å². The molecule has 2 atom stereocenters. The van der Waals surface area contributed by atoms with Gasteiger partial charge in [-0.1, -0.05) is 12.8 Å². The summed E-state index contributed by atoms with van der Waals surface area (Å²) < 4.78 is 5.00. The molecular formula is C10H20N2O3. The molecule has 1 amide bonds. The quantitative estimate of drug-likeness (QED) is 0.517. The van der Waals surface area contributed by atoms with Crippen LogP contribution in [0.3, 0.4) is 0 Å². The van der Waals surface area contributed by atoms with E-state index in [1.165, 1.54) is 0 Å². The number of hydrogen-bond acceptors (Lipinski definition) is 4. The average Bonchev–Trinajstić information content (AvgIpc) is 2.20. The first-order chi connectivity index (χ1) is 7.20. The van der Waals surface area contributed by atoms with Gasteiger partial charge < -0.3 is 20.9 Å². The molecular weight excluding hydrogens is 196 g/mol. The van der Waals surface area contributed by atoms with Crippen molar-refractivity contribution in [3.63, 3.8) is 0 Å². The van der Waals surface area contributed by atoms with Crippen LogP contribution in [0.1, 0.15) is 25.7 Å². The highest BCUT2D eigenvalue weighted by Gasteiger charge is 2.21. The van der Waals surface area contributed by atoms with Crippen molar-refractivity contribution < 1.29 is 14.6 Å². The monoisotopic (exact) mass is 216 g/mol. The first-order valence-corrected chi connectivity index (χ1v) is 5.47. The Bertz CT molecular complexity index is 199. The number of amides is 1. The van der Waals surface area contributed by atoms with Crippen LogP contribution < -0.4 is 11.1 Å². The summed E-state index contributed by atoms with van der Waals surface area (Å²) in [4.78, 5) is 10.4. The molecule has 0 bridgehead atoms. The molecule has 2 unspecified atom stereocenters. The van der Waals surface area contributed by atoms with E-state index in [4.69, 9.17) is 10.5 Å². The molecule has 1 aliphatic rings. The third kappa shape index (κ3) is 5.11. The Morgan fingerprint density at radius 3 is 2.87 bits per heavy atom. The Morgan fingerprint density at radius 1 is 1.47 bits per heavy atom. The minimum Gasteiger partial charge on any atom is -0.392 e. The molecule has 0 aromatic rings. The van der Waals surface area contributed by atoms with Crippen molar-refractivity contribution in [3.05, 3.63) is 0 Å². The van der Waals surface area contributed by atoms with Crippen LogP contribution in [0.2, 0.25) is 0 Å². The van der Waals surface area contributed by atoms with Gasteiger partial charge in [-0.15, -0.1) is 0 Å². The molecule has 5 heteroatoms. The van der Waals surface area contributed by atoms with E-state index < -0.39 is 5.91 Å². The van der Waals surface area contributed by atoms with E-state index in [0.29, 0.717) is 13.2 Å². The molecule has 15 heavy (non-hydrogen) atoms. The third-order valence-electron chi connectivity index (χ3n) is 2.63. The second-order valence-electron chi connectivity index (χ2n) is 3.93. The minimum absolute atomic E-state index is 0.0328. The van der Waals surface area contributed by atoms with Gasteiger partial charge in [0.05, 0.1) is 12.7 Å². The van der Waals surface area contributed by atoms with Gasteiger partial charge >= 0.3 is 0 Å². The Kier molecular flexibility index (Phi) is 5.60. The summed E-state index contributed by atoms with van der Waals surface area (Å²) in [5.74, 6) is -0.451. The maximum atomic E-state index is 10.4. The highest BCUT2D eigenvalue weighted by Crippen LogP contribution is 2.17. The summed E-state index contributed by atoms with van der Waals surface area (Å²) in [6.07, 6.45) is 3.92. The van der Waals surface area contributed by atoms with Crippen LogP contribution in [0.5, 0.6) is 0 Å². The lowest BCUT2D eigenvalue weighted by Crippen LogP contribution is -2.43. The Hall–Kier alpha value is -0.650. The van der Waals surface area contributed by atoms with Crippen LogP contribution in [0.25, 0.3) is 0 Å². The van der Waals surface area contributed by atoms with Gasteiger partial charge in [0.1, 0.15) is 6.61 Å². The Labute approximate surface area is 90.0 Å². The fraction of sp³-hybridized carbons (Fsp3) is 0.900. The number of carbonyl (C=O) groups is 1. The van der Waals surface area contributed by atoms with E-state index in [1.807, 2.05) is 0 Å². The molecule has 1 rings (SSSR count). The van der Waals surface area contributed by atoms with Gasteiger partial charge in [-0.05, 0) is 12.8 Å². The molecule has 88 valence electrons. The first-order valence-electron chi connectivity index (χ1n) is 5.47. The summed E-state index contributed by atoms with van der Waals surface area (Å²) in [6.45, 7) is 1.07. The van der Waals surface area contributed by atoms with Crippen molar-refractivity contribution in [1.82, 2.24) is 5.32 Å². The van der Waals surface area contributed by atoms with Gasteiger partial charge in [-0.2, -0.15) is 0 Å².